The number of allylic oxidation sites excluding steroid dienone is 1. The van der Waals surface area contributed by atoms with E-state index in [9.17, 15) is 19.1 Å². The van der Waals surface area contributed by atoms with Crippen LogP contribution < -0.4 is 0 Å². The predicted molar refractivity (Wildman–Crippen MR) is 114 cm³/mol. The first-order chi connectivity index (χ1) is 14.7. The maximum Gasteiger partial charge on any atom is 0.309 e. The van der Waals surface area contributed by atoms with Gasteiger partial charge in [0, 0.05) is 17.4 Å². The molecular weight excluding hydrogens is 395 g/mol. The Morgan fingerprint density at radius 3 is 2.13 bits per heavy atom. The SMILES string of the molecule is CC1=C(c2c(C)cc(C)cc2C)C(=O)[C@H]2[C@H]3OC([C@@H]12)[C@H](c1ccc(F)cc1)[C@@H]3C(=O)O. The molecule has 2 aliphatic heterocycles. The molecule has 1 aliphatic carbocycles. The molecule has 2 heterocycles. The first kappa shape index (κ1) is 20.1. The van der Waals surface area contributed by atoms with E-state index in [4.69, 9.17) is 4.74 Å². The molecule has 0 amide bonds. The molecule has 1 unspecified atom stereocenters. The van der Waals surface area contributed by atoms with E-state index in [1.807, 2.05) is 27.7 Å². The van der Waals surface area contributed by atoms with Crippen molar-refractivity contribution in [2.45, 2.75) is 45.8 Å². The number of ether oxygens (including phenoxy) is 1. The van der Waals surface area contributed by atoms with Crippen LogP contribution in [0.5, 0.6) is 0 Å². The Morgan fingerprint density at radius 2 is 1.55 bits per heavy atom. The number of benzene rings is 2. The maximum atomic E-state index is 13.7. The van der Waals surface area contributed by atoms with Crippen molar-refractivity contribution in [1.29, 1.82) is 0 Å². The van der Waals surface area contributed by atoms with E-state index >= 15 is 0 Å². The van der Waals surface area contributed by atoms with Crippen molar-refractivity contribution in [1.82, 2.24) is 0 Å². The highest BCUT2D eigenvalue weighted by atomic mass is 19.1. The van der Waals surface area contributed by atoms with Crippen molar-refractivity contribution in [2.75, 3.05) is 0 Å². The van der Waals surface area contributed by atoms with Crippen LogP contribution in [0.4, 0.5) is 4.39 Å². The minimum absolute atomic E-state index is 0.00569. The van der Waals surface area contributed by atoms with Gasteiger partial charge in [-0.3, -0.25) is 9.59 Å². The van der Waals surface area contributed by atoms with Crippen molar-refractivity contribution in [3.8, 4) is 0 Å². The third-order valence-corrected chi connectivity index (χ3v) is 7.41. The molecule has 2 fully saturated rings. The number of carbonyl (C=O) groups is 2. The Kier molecular flexibility index (Phi) is 4.45. The second-order valence-corrected chi connectivity index (χ2v) is 9.25. The van der Waals surface area contributed by atoms with E-state index in [1.165, 1.54) is 12.1 Å². The highest BCUT2D eigenvalue weighted by Crippen LogP contribution is 2.61. The maximum absolute atomic E-state index is 13.7. The minimum Gasteiger partial charge on any atom is -0.481 e. The highest BCUT2D eigenvalue weighted by molar-refractivity contribution is 6.26. The summed E-state index contributed by atoms with van der Waals surface area (Å²) < 4.78 is 19.7. The van der Waals surface area contributed by atoms with Crippen LogP contribution in [0.3, 0.4) is 0 Å². The smallest absolute Gasteiger partial charge is 0.309 e. The van der Waals surface area contributed by atoms with Crippen molar-refractivity contribution >= 4 is 17.3 Å². The summed E-state index contributed by atoms with van der Waals surface area (Å²) in [7, 11) is 0. The van der Waals surface area contributed by atoms with Gasteiger partial charge in [-0.2, -0.15) is 0 Å². The zero-order chi connectivity index (χ0) is 22.2. The van der Waals surface area contributed by atoms with E-state index in [0.29, 0.717) is 0 Å². The number of hydrogen-bond donors (Lipinski definition) is 1. The second kappa shape index (κ2) is 6.86. The van der Waals surface area contributed by atoms with Gasteiger partial charge in [-0.25, -0.2) is 4.39 Å². The summed E-state index contributed by atoms with van der Waals surface area (Å²) in [5, 5.41) is 10.0. The molecular formula is C26H25FO4. The number of carboxylic acid groups (broad SMARTS) is 1. The molecule has 2 saturated heterocycles. The van der Waals surface area contributed by atoms with Crippen LogP contribution in [-0.4, -0.2) is 29.1 Å². The van der Waals surface area contributed by atoms with Gasteiger partial charge < -0.3 is 9.84 Å². The summed E-state index contributed by atoms with van der Waals surface area (Å²) >= 11 is 0. The lowest BCUT2D eigenvalue weighted by Gasteiger charge is -2.33. The van der Waals surface area contributed by atoms with Crippen LogP contribution in [-0.2, 0) is 14.3 Å². The van der Waals surface area contributed by atoms with Crippen LogP contribution in [0.15, 0.2) is 42.0 Å². The van der Waals surface area contributed by atoms with Gasteiger partial charge >= 0.3 is 5.97 Å². The van der Waals surface area contributed by atoms with Gasteiger partial charge in [0.05, 0.1) is 24.0 Å². The number of fused-ring (bicyclic) bond motifs is 5. The van der Waals surface area contributed by atoms with Crippen molar-refractivity contribution in [3.05, 3.63) is 75.6 Å². The van der Waals surface area contributed by atoms with Gasteiger partial charge in [0.15, 0.2) is 5.78 Å². The molecule has 160 valence electrons. The lowest BCUT2D eigenvalue weighted by molar-refractivity contribution is -0.145. The molecule has 2 aromatic carbocycles. The zero-order valence-electron chi connectivity index (χ0n) is 18.0. The topological polar surface area (TPSA) is 63.6 Å². The average molecular weight is 420 g/mol. The number of carbonyl (C=O) groups excluding carboxylic acids is 1. The Labute approximate surface area is 180 Å². The van der Waals surface area contributed by atoms with Crippen molar-refractivity contribution < 1.29 is 23.8 Å². The Bertz CT molecular complexity index is 1120. The van der Waals surface area contributed by atoms with Crippen molar-refractivity contribution in [3.63, 3.8) is 0 Å². The molecule has 2 bridgehead atoms. The van der Waals surface area contributed by atoms with E-state index < -0.39 is 35.9 Å². The molecule has 3 aliphatic rings. The number of ketones is 1. The van der Waals surface area contributed by atoms with Crippen LogP contribution in [0, 0.1) is 44.3 Å². The minimum atomic E-state index is -0.970. The van der Waals surface area contributed by atoms with Gasteiger partial charge in [0.1, 0.15) is 5.82 Å². The molecule has 6 atom stereocenters. The molecule has 0 radical (unpaired) electrons. The van der Waals surface area contributed by atoms with Crippen molar-refractivity contribution in [2.24, 2.45) is 17.8 Å². The first-order valence-corrected chi connectivity index (χ1v) is 10.7. The highest BCUT2D eigenvalue weighted by Gasteiger charge is 2.67. The van der Waals surface area contributed by atoms with Crippen LogP contribution in [0.2, 0.25) is 0 Å². The number of hydrogen-bond acceptors (Lipinski definition) is 3. The summed E-state index contributed by atoms with van der Waals surface area (Å²) in [6.07, 6.45) is -1.08. The molecule has 2 aromatic rings. The summed E-state index contributed by atoms with van der Waals surface area (Å²) in [6, 6.07) is 10.1. The van der Waals surface area contributed by atoms with E-state index in [-0.39, 0.29) is 17.5 Å². The third-order valence-electron chi connectivity index (χ3n) is 7.41. The summed E-state index contributed by atoms with van der Waals surface area (Å²) in [5.74, 6) is -3.20. The van der Waals surface area contributed by atoms with E-state index in [1.54, 1.807) is 12.1 Å². The van der Waals surface area contributed by atoms with E-state index in [2.05, 4.69) is 12.1 Å². The fourth-order valence-corrected chi connectivity index (χ4v) is 6.41. The number of aliphatic carboxylic acids is 1. The summed E-state index contributed by atoms with van der Waals surface area (Å²) in [4.78, 5) is 25.9. The Hall–Kier alpha value is -2.79. The lowest BCUT2D eigenvalue weighted by Crippen LogP contribution is -2.43. The normalized spacial score (nSPS) is 31.5. The van der Waals surface area contributed by atoms with Gasteiger partial charge in [-0.05, 0) is 62.1 Å². The fourth-order valence-electron chi connectivity index (χ4n) is 6.41. The predicted octanol–water partition coefficient (Wildman–Crippen LogP) is 4.61. The average Bonchev–Trinajstić information content (AvgIpc) is 3.33. The number of halogens is 1. The van der Waals surface area contributed by atoms with Gasteiger partial charge in [-0.1, -0.05) is 35.4 Å². The van der Waals surface area contributed by atoms with E-state index in [0.717, 1.165) is 39.0 Å². The fraction of sp³-hybridized carbons (Fsp3) is 0.385. The molecule has 5 rings (SSSR count). The largest absolute Gasteiger partial charge is 0.481 e. The van der Waals surface area contributed by atoms with Crippen LogP contribution in [0.25, 0.3) is 5.57 Å². The quantitative estimate of drug-likeness (QED) is 0.788. The Balaban J connectivity index is 1.63. The Morgan fingerprint density at radius 1 is 0.935 bits per heavy atom. The van der Waals surface area contributed by atoms with Crippen LogP contribution >= 0.6 is 0 Å². The van der Waals surface area contributed by atoms with Gasteiger partial charge in [-0.15, -0.1) is 0 Å². The molecule has 0 saturated carbocycles. The number of rotatable bonds is 3. The van der Waals surface area contributed by atoms with Gasteiger partial charge in [0.25, 0.3) is 0 Å². The molecule has 0 aromatic heterocycles. The molecule has 1 N–H and O–H groups in total. The molecule has 5 heteroatoms. The summed E-state index contributed by atoms with van der Waals surface area (Å²) in [5.41, 5.74) is 6.67. The second-order valence-electron chi connectivity index (χ2n) is 9.25. The molecule has 0 spiro atoms. The molecule has 4 nitrogen and oxygen atoms in total. The van der Waals surface area contributed by atoms with Crippen LogP contribution in [0.1, 0.15) is 40.7 Å². The molecule has 31 heavy (non-hydrogen) atoms. The summed E-state index contributed by atoms with van der Waals surface area (Å²) in [6.45, 7) is 8.06. The lowest BCUT2D eigenvalue weighted by atomic mass is 9.66. The van der Waals surface area contributed by atoms with Gasteiger partial charge in [0.2, 0.25) is 0 Å². The standard InChI is InChI=1S/C26H25FO4/c1-11-9-12(2)17(13(3)10-11)18-14(4)19-21(23(18)28)25-22(26(29)30)20(24(19)31-25)15-5-7-16(27)8-6-15/h5-10,19-22,24-25H,1-4H3,(H,29,30)/t19-,20+,21-,22-,24?,25+/m0/s1. The monoisotopic (exact) mass is 420 g/mol. The number of Topliss-reactive ketones (excluding diaryl/α,β-unsaturated/α-hetero) is 1. The third kappa shape index (κ3) is 2.76. The zero-order valence-corrected chi connectivity index (χ0v) is 18.0. The number of aryl methyl sites for hydroxylation is 3. The first-order valence-electron chi connectivity index (χ1n) is 10.7. The number of carboxylic acids is 1.